The minimum absolute atomic E-state index is 0.0860. The molecule has 11 heteroatoms. The average Bonchev–Trinajstić information content (AvgIpc) is 3.00. The molecule has 0 bridgehead atoms. The summed E-state index contributed by atoms with van der Waals surface area (Å²) in [4.78, 5) is 8.28. The minimum Gasteiger partial charge on any atom is -0.405 e. The van der Waals surface area contributed by atoms with Crippen LogP contribution in [0, 0.1) is 0 Å². The number of alkyl halides is 1. The fraction of sp³-hybridized carbons (Fsp3) is 0.789. The Bertz CT molecular complexity index is 814. The lowest BCUT2D eigenvalue weighted by molar-refractivity contribution is -0.228. The average molecular weight is 485 g/mol. The van der Waals surface area contributed by atoms with Crippen LogP contribution in [0.3, 0.4) is 0 Å². The summed E-state index contributed by atoms with van der Waals surface area (Å²) in [6.07, 6.45) is 2.59. The van der Waals surface area contributed by atoms with Crippen molar-refractivity contribution in [2.75, 3.05) is 6.61 Å². The van der Waals surface area contributed by atoms with Crippen molar-refractivity contribution in [1.82, 2.24) is 9.97 Å². The predicted octanol–water partition coefficient (Wildman–Crippen LogP) is 3.44. The molecule has 3 aliphatic heterocycles. The number of halogens is 2. The first-order valence-corrected chi connectivity index (χ1v) is 11.0. The maximum atomic E-state index is 15.7. The fourth-order valence-corrected chi connectivity index (χ4v) is 4.10. The van der Waals surface area contributed by atoms with E-state index in [-0.39, 0.29) is 18.9 Å². The van der Waals surface area contributed by atoms with Gasteiger partial charge in [0, 0.05) is 18.8 Å². The first-order chi connectivity index (χ1) is 13.7. The molecule has 0 N–H and O–H groups in total. The Labute approximate surface area is 186 Å². The van der Waals surface area contributed by atoms with Crippen molar-refractivity contribution in [3.05, 3.63) is 22.7 Å². The molecule has 7 nitrogen and oxygen atoms in total. The van der Waals surface area contributed by atoms with Gasteiger partial charge in [0.25, 0.3) is 0 Å². The van der Waals surface area contributed by atoms with Crippen LogP contribution in [0.1, 0.15) is 60.7 Å². The highest BCUT2D eigenvalue weighted by Crippen LogP contribution is 2.49. The Kier molecular flexibility index (Phi) is 5.24. The van der Waals surface area contributed by atoms with E-state index in [0.29, 0.717) is 4.47 Å². The van der Waals surface area contributed by atoms with Crippen molar-refractivity contribution < 1.29 is 27.7 Å². The van der Waals surface area contributed by atoms with E-state index in [0.717, 1.165) is 0 Å². The summed E-state index contributed by atoms with van der Waals surface area (Å²) in [6.45, 7) is 13.6. The molecule has 3 atom stereocenters. The molecule has 164 valence electrons. The third-order valence-electron chi connectivity index (χ3n) is 7.13. The zero-order chi connectivity index (χ0) is 22.2. The van der Waals surface area contributed by atoms with Gasteiger partial charge in [-0.2, -0.15) is 0 Å². The summed E-state index contributed by atoms with van der Waals surface area (Å²) in [5.41, 5.74) is -4.33. The third kappa shape index (κ3) is 3.46. The maximum Gasteiger partial charge on any atom is 0.489 e. The number of nitrogens with zero attached hydrogens (tertiary/aromatic N) is 2. The lowest BCUT2D eigenvalue weighted by atomic mass is 9.49. The molecule has 4 rings (SSSR count). The SMILES string of the molecule is CC1(C)OB(B2OC(C)(C)C(C)(CC3OCC3(F)c3ncc(Br)cn3)O2)OC1(C)C. The molecule has 30 heavy (non-hydrogen) atoms. The van der Waals surface area contributed by atoms with Gasteiger partial charge in [0.05, 0.1) is 33.5 Å². The molecule has 0 radical (unpaired) electrons. The van der Waals surface area contributed by atoms with Gasteiger partial charge in [-0.05, 0) is 64.4 Å². The molecule has 0 aromatic carbocycles. The number of ether oxygens (including phenoxy) is 1. The fourth-order valence-electron chi connectivity index (χ4n) is 3.90. The smallest absolute Gasteiger partial charge is 0.405 e. The van der Waals surface area contributed by atoms with Crippen LogP contribution >= 0.6 is 15.9 Å². The van der Waals surface area contributed by atoms with Gasteiger partial charge in [0.1, 0.15) is 6.10 Å². The second-order valence-electron chi connectivity index (χ2n) is 10.1. The van der Waals surface area contributed by atoms with E-state index in [2.05, 4.69) is 25.9 Å². The number of rotatable bonds is 4. The quantitative estimate of drug-likeness (QED) is 0.606. The van der Waals surface area contributed by atoms with E-state index in [9.17, 15) is 0 Å². The Hall–Kier alpha value is -0.580. The highest BCUT2D eigenvalue weighted by molar-refractivity contribution is 9.10. The zero-order valence-corrected chi connectivity index (χ0v) is 20.1. The van der Waals surface area contributed by atoms with Gasteiger partial charge in [0.15, 0.2) is 5.82 Å². The van der Waals surface area contributed by atoms with E-state index in [4.69, 9.17) is 23.4 Å². The van der Waals surface area contributed by atoms with Crippen LogP contribution in [-0.4, -0.2) is 59.1 Å². The maximum absolute atomic E-state index is 15.7. The molecule has 3 unspecified atom stereocenters. The lowest BCUT2D eigenvalue weighted by Gasteiger charge is -2.47. The van der Waals surface area contributed by atoms with Crippen molar-refractivity contribution in [2.24, 2.45) is 0 Å². The normalized spacial score (nSPS) is 36.8. The van der Waals surface area contributed by atoms with E-state index in [1.165, 1.54) is 12.4 Å². The van der Waals surface area contributed by atoms with E-state index in [1.807, 2.05) is 48.5 Å². The van der Waals surface area contributed by atoms with Crippen molar-refractivity contribution in [3.8, 4) is 0 Å². The summed E-state index contributed by atoms with van der Waals surface area (Å²) in [5, 5.41) is 0. The standard InChI is InChI=1S/C19H28B2BrFN2O5/c1-15(2)16(3,4)28-20(27-15)21-29-17(5,6)18(7,30-21)8-13-19(23,11-26-13)14-24-9-12(22)10-25-14/h9-10,13H,8,11H2,1-7H3. The highest BCUT2D eigenvalue weighted by atomic mass is 79.9. The second kappa shape index (κ2) is 6.96. The van der Waals surface area contributed by atoms with Crippen molar-refractivity contribution in [2.45, 2.75) is 89.1 Å². The molecule has 3 saturated heterocycles. The Morgan fingerprint density at radius 3 is 1.93 bits per heavy atom. The van der Waals surface area contributed by atoms with Crippen LogP contribution in [0.2, 0.25) is 0 Å². The van der Waals surface area contributed by atoms with Gasteiger partial charge >= 0.3 is 14.0 Å². The van der Waals surface area contributed by atoms with Crippen molar-refractivity contribution >= 4 is 29.9 Å². The van der Waals surface area contributed by atoms with Crippen LogP contribution in [0.5, 0.6) is 0 Å². The Balaban J connectivity index is 1.51. The molecule has 0 spiro atoms. The molecule has 3 fully saturated rings. The summed E-state index contributed by atoms with van der Waals surface area (Å²) in [7, 11) is -1.41. The van der Waals surface area contributed by atoms with E-state index >= 15 is 4.39 Å². The van der Waals surface area contributed by atoms with Crippen LogP contribution in [0.15, 0.2) is 16.9 Å². The molecule has 0 saturated carbocycles. The van der Waals surface area contributed by atoms with Crippen LogP contribution in [0.4, 0.5) is 4.39 Å². The van der Waals surface area contributed by atoms with Crippen molar-refractivity contribution in [1.29, 1.82) is 0 Å². The monoisotopic (exact) mass is 484 g/mol. The van der Waals surface area contributed by atoms with Crippen molar-refractivity contribution in [3.63, 3.8) is 0 Å². The Morgan fingerprint density at radius 1 is 0.933 bits per heavy atom. The van der Waals surface area contributed by atoms with Gasteiger partial charge in [-0.1, -0.05) is 0 Å². The number of hydrogen-bond donors (Lipinski definition) is 0. The number of hydrogen-bond acceptors (Lipinski definition) is 7. The summed E-state index contributed by atoms with van der Waals surface area (Å²) >= 11 is 3.28. The van der Waals surface area contributed by atoms with Crippen LogP contribution < -0.4 is 0 Å². The van der Waals surface area contributed by atoms with E-state index in [1.54, 1.807) is 0 Å². The summed E-state index contributed by atoms with van der Waals surface area (Å²) in [6, 6.07) is 0. The molecule has 4 heterocycles. The molecule has 1 aromatic heterocycles. The second-order valence-corrected chi connectivity index (χ2v) is 11.0. The third-order valence-corrected chi connectivity index (χ3v) is 7.54. The van der Waals surface area contributed by atoms with Crippen LogP contribution in [-0.2, 0) is 29.0 Å². The molecule has 3 aliphatic rings. The predicted molar refractivity (Wildman–Crippen MR) is 113 cm³/mol. The van der Waals surface area contributed by atoms with Gasteiger partial charge in [-0.3, -0.25) is 0 Å². The van der Waals surface area contributed by atoms with E-state index < -0.39 is 48.2 Å². The topological polar surface area (TPSA) is 71.9 Å². The van der Waals surface area contributed by atoms with Gasteiger partial charge in [-0.25, -0.2) is 14.4 Å². The lowest BCUT2D eigenvalue weighted by Crippen LogP contribution is -2.59. The molecule has 0 aliphatic carbocycles. The first-order valence-electron chi connectivity index (χ1n) is 10.2. The van der Waals surface area contributed by atoms with Gasteiger partial charge in [-0.15, -0.1) is 0 Å². The Morgan fingerprint density at radius 2 is 1.43 bits per heavy atom. The minimum atomic E-state index is -1.77. The summed E-state index contributed by atoms with van der Waals surface area (Å²) in [5.74, 6) is 0.116. The number of aromatic nitrogens is 2. The van der Waals surface area contributed by atoms with Gasteiger partial charge < -0.3 is 23.4 Å². The zero-order valence-electron chi connectivity index (χ0n) is 18.5. The molecular formula is C19H28B2BrFN2O5. The molecular weight excluding hydrogens is 457 g/mol. The molecule has 0 amide bonds. The van der Waals surface area contributed by atoms with Crippen LogP contribution in [0.25, 0.3) is 0 Å². The highest BCUT2D eigenvalue weighted by Gasteiger charge is 2.67. The first kappa shape index (κ1) is 22.6. The largest absolute Gasteiger partial charge is 0.489 e. The summed E-state index contributed by atoms with van der Waals surface area (Å²) < 4.78 is 46.7. The van der Waals surface area contributed by atoms with Gasteiger partial charge in [0.2, 0.25) is 5.67 Å². The molecule has 1 aromatic rings.